The number of carbonyl (C=O) groups excluding carboxylic acids is 1. The van der Waals surface area contributed by atoms with E-state index < -0.39 is 0 Å². The number of rotatable bonds is 3. The van der Waals surface area contributed by atoms with Crippen LogP contribution in [0.25, 0.3) is 0 Å². The van der Waals surface area contributed by atoms with Gasteiger partial charge in [-0.3, -0.25) is 4.79 Å². The van der Waals surface area contributed by atoms with Crippen molar-refractivity contribution >= 4 is 5.78 Å². The fourth-order valence-corrected chi connectivity index (χ4v) is 1.99. The Hall–Kier alpha value is -0.590. The van der Waals surface area contributed by atoms with Gasteiger partial charge in [-0.25, -0.2) is 0 Å². The second-order valence-electron chi connectivity index (χ2n) is 4.41. The molecule has 1 heteroatoms. The maximum absolute atomic E-state index is 11.3. The molecule has 1 fully saturated rings. The number of carbonyl (C=O) groups is 1. The largest absolute Gasteiger partial charge is 0.300 e. The molecule has 1 aliphatic rings. The van der Waals surface area contributed by atoms with E-state index in [1.54, 1.807) is 0 Å². The summed E-state index contributed by atoms with van der Waals surface area (Å²) in [6.07, 6.45) is 10.6. The van der Waals surface area contributed by atoms with Gasteiger partial charge in [-0.05, 0) is 24.7 Å². The van der Waals surface area contributed by atoms with Crippen LogP contribution in [0.15, 0.2) is 12.2 Å². The molecule has 0 saturated heterocycles. The summed E-state index contributed by atoms with van der Waals surface area (Å²) in [5, 5.41) is 0. The minimum absolute atomic E-state index is 0.171. The second kappa shape index (κ2) is 4.59. The fourth-order valence-electron chi connectivity index (χ4n) is 1.99. The summed E-state index contributed by atoms with van der Waals surface area (Å²) in [6.45, 7) is 4.38. The zero-order chi connectivity index (χ0) is 9.73. The summed E-state index contributed by atoms with van der Waals surface area (Å²) < 4.78 is 0. The Morgan fingerprint density at radius 2 is 2.31 bits per heavy atom. The van der Waals surface area contributed by atoms with Crippen LogP contribution in [0.1, 0.15) is 52.4 Å². The second-order valence-corrected chi connectivity index (χ2v) is 4.41. The molecule has 0 aromatic carbocycles. The summed E-state index contributed by atoms with van der Waals surface area (Å²) in [4.78, 5) is 11.3. The SMILES string of the molecule is CCC/C=C/[C@]1(C)CCCC(=O)C1. The van der Waals surface area contributed by atoms with Crippen LogP contribution in [0.5, 0.6) is 0 Å². The standard InChI is InChI=1S/C12H20O/c1-3-4-5-8-12(2)9-6-7-11(13)10-12/h5,8H,3-4,6-7,9-10H2,1-2H3/b8-5+/t12-/m1/s1. The third-order valence-corrected chi connectivity index (χ3v) is 2.78. The summed E-state index contributed by atoms with van der Waals surface area (Å²) in [7, 11) is 0. The number of hydrogen-bond acceptors (Lipinski definition) is 1. The monoisotopic (exact) mass is 180 g/mol. The van der Waals surface area contributed by atoms with Crippen LogP contribution in [0.4, 0.5) is 0 Å². The highest BCUT2D eigenvalue weighted by atomic mass is 16.1. The molecule has 0 spiro atoms. The van der Waals surface area contributed by atoms with Gasteiger partial charge in [-0.15, -0.1) is 0 Å². The molecule has 1 atom stereocenters. The van der Waals surface area contributed by atoms with Gasteiger partial charge < -0.3 is 0 Å². The predicted molar refractivity (Wildman–Crippen MR) is 55.6 cm³/mol. The van der Waals surface area contributed by atoms with E-state index in [4.69, 9.17) is 0 Å². The van der Waals surface area contributed by atoms with Crippen LogP contribution in [0, 0.1) is 5.41 Å². The molecule has 0 radical (unpaired) electrons. The first kappa shape index (κ1) is 10.5. The molecule has 1 nitrogen and oxygen atoms in total. The Labute approximate surface area is 81.2 Å². The van der Waals surface area contributed by atoms with E-state index in [2.05, 4.69) is 26.0 Å². The molecule has 74 valence electrons. The topological polar surface area (TPSA) is 17.1 Å². The van der Waals surface area contributed by atoms with Gasteiger partial charge in [0.05, 0.1) is 0 Å². The molecule has 1 aliphatic carbocycles. The lowest BCUT2D eigenvalue weighted by atomic mass is 9.75. The van der Waals surface area contributed by atoms with Crippen LogP contribution in [0.2, 0.25) is 0 Å². The van der Waals surface area contributed by atoms with Gasteiger partial charge in [-0.1, -0.05) is 32.4 Å². The van der Waals surface area contributed by atoms with Crippen molar-refractivity contribution in [3.63, 3.8) is 0 Å². The van der Waals surface area contributed by atoms with Gasteiger partial charge >= 0.3 is 0 Å². The molecule has 0 amide bonds. The molecular weight excluding hydrogens is 160 g/mol. The van der Waals surface area contributed by atoms with Gasteiger partial charge in [0.1, 0.15) is 5.78 Å². The molecule has 13 heavy (non-hydrogen) atoms. The van der Waals surface area contributed by atoms with E-state index in [1.165, 1.54) is 12.8 Å². The van der Waals surface area contributed by atoms with Crippen molar-refractivity contribution in [1.82, 2.24) is 0 Å². The molecular formula is C12H20O. The van der Waals surface area contributed by atoms with Gasteiger partial charge in [0.25, 0.3) is 0 Å². The Kier molecular flexibility index (Phi) is 3.71. The van der Waals surface area contributed by atoms with E-state index >= 15 is 0 Å². The number of allylic oxidation sites excluding steroid dienone is 2. The summed E-state index contributed by atoms with van der Waals surface area (Å²) in [5.41, 5.74) is 0.171. The molecule has 0 aromatic heterocycles. The third-order valence-electron chi connectivity index (χ3n) is 2.78. The van der Waals surface area contributed by atoms with Crippen LogP contribution in [0.3, 0.4) is 0 Å². The molecule has 0 aliphatic heterocycles. The number of Topliss-reactive ketones (excluding diaryl/α,β-unsaturated/α-hetero) is 1. The molecule has 1 rings (SSSR count). The highest BCUT2D eigenvalue weighted by Gasteiger charge is 2.28. The lowest BCUT2D eigenvalue weighted by Crippen LogP contribution is -2.23. The fraction of sp³-hybridized carbons (Fsp3) is 0.750. The minimum atomic E-state index is 0.171. The zero-order valence-corrected chi connectivity index (χ0v) is 8.81. The molecule has 1 saturated carbocycles. The first-order valence-electron chi connectivity index (χ1n) is 5.36. The minimum Gasteiger partial charge on any atom is -0.300 e. The van der Waals surface area contributed by atoms with E-state index in [0.717, 1.165) is 25.7 Å². The van der Waals surface area contributed by atoms with Gasteiger partial charge in [0.2, 0.25) is 0 Å². The van der Waals surface area contributed by atoms with Crippen molar-refractivity contribution in [2.24, 2.45) is 5.41 Å². The predicted octanol–water partition coefficient (Wildman–Crippen LogP) is 3.49. The zero-order valence-electron chi connectivity index (χ0n) is 8.81. The first-order valence-corrected chi connectivity index (χ1v) is 5.36. The third kappa shape index (κ3) is 3.33. The Bertz CT molecular complexity index is 205. The number of hydrogen-bond donors (Lipinski definition) is 0. The lowest BCUT2D eigenvalue weighted by Gasteiger charge is -2.29. The highest BCUT2D eigenvalue weighted by molar-refractivity contribution is 5.80. The van der Waals surface area contributed by atoms with Crippen LogP contribution in [-0.4, -0.2) is 5.78 Å². The maximum Gasteiger partial charge on any atom is 0.133 e. The van der Waals surface area contributed by atoms with Crippen molar-refractivity contribution < 1.29 is 4.79 Å². The van der Waals surface area contributed by atoms with E-state index in [9.17, 15) is 4.79 Å². The van der Waals surface area contributed by atoms with Gasteiger partial charge in [-0.2, -0.15) is 0 Å². The van der Waals surface area contributed by atoms with Crippen molar-refractivity contribution in [2.45, 2.75) is 52.4 Å². The maximum atomic E-state index is 11.3. The van der Waals surface area contributed by atoms with E-state index in [0.29, 0.717) is 5.78 Å². The van der Waals surface area contributed by atoms with Gasteiger partial charge in [0, 0.05) is 12.8 Å². The average Bonchev–Trinajstić information content (AvgIpc) is 2.04. The normalized spacial score (nSPS) is 29.8. The Morgan fingerprint density at radius 3 is 2.92 bits per heavy atom. The van der Waals surface area contributed by atoms with Crippen LogP contribution >= 0.6 is 0 Å². The lowest BCUT2D eigenvalue weighted by molar-refractivity contribution is -0.122. The number of ketones is 1. The first-order chi connectivity index (χ1) is 6.16. The average molecular weight is 180 g/mol. The molecule has 0 N–H and O–H groups in total. The van der Waals surface area contributed by atoms with Gasteiger partial charge in [0.15, 0.2) is 0 Å². The summed E-state index contributed by atoms with van der Waals surface area (Å²) in [6, 6.07) is 0. The van der Waals surface area contributed by atoms with E-state index in [-0.39, 0.29) is 5.41 Å². The van der Waals surface area contributed by atoms with Crippen molar-refractivity contribution in [3.8, 4) is 0 Å². The van der Waals surface area contributed by atoms with Crippen molar-refractivity contribution in [1.29, 1.82) is 0 Å². The molecule has 0 heterocycles. The smallest absolute Gasteiger partial charge is 0.133 e. The molecule has 0 unspecified atom stereocenters. The highest BCUT2D eigenvalue weighted by Crippen LogP contribution is 2.35. The number of unbranched alkanes of at least 4 members (excludes halogenated alkanes) is 1. The van der Waals surface area contributed by atoms with Crippen LogP contribution < -0.4 is 0 Å². The summed E-state index contributed by atoms with van der Waals surface area (Å²) >= 11 is 0. The van der Waals surface area contributed by atoms with E-state index in [1.807, 2.05) is 0 Å². The summed E-state index contributed by atoms with van der Waals surface area (Å²) in [5.74, 6) is 0.440. The Morgan fingerprint density at radius 1 is 1.54 bits per heavy atom. The quantitative estimate of drug-likeness (QED) is 0.607. The Balaban J connectivity index is 2.48. The molecule has 0 aromatic rings. The van der Waals surface area contributed by atoms with Crippen molar-refractivity contribution in [3.05, 3.63) is 12.2 Å². The van der Waals surface area contributed by atoms with Crippen molar-refractivity contribution in [2.75, 3.05) is 0 Å². The van der Waals surface area contributed by atoms with Crippen LogP contribution in [-0.2, 0) is 4.79 Å². The molecule has 0 bridgehead atoms.